The molecule has 1 aromatic heterocycles. The minimum Gasteiger partial charge on any atom is -0.484 e. The van der Waals surface area contributed by atoms with Crippen LogP contribution in [0.25, 0.3) is 6.08 Å². The fourth-order valence-electron chi connectivity index (χ4n) is 3.79. The second-order valence-corrected chi connectivity index (χ2v) is 7.93. The van der Waals surface area contributed by atoms with Crippen LogP contribution >= 0.6 is 0 Å². The Labute approximate surface area is 208 Å². The summed E-state index contributed by atoms with van der Waals surface area (Å²) in [5, 5.41) is 2.71. The molecule has 0 spiro atoms. The summed E-state index contributed by atoms with van der Waals surface area (Å²) in [4.78, 5) is 39.6. The maximum absolute atomic E-state index is 13.4. The van der Waals surface area contributed by atoms with Gasteiger partial charge < -0.3 is 19.2 Å². The molecular formula is C28H26N2O6. The van der Waals surface area contributed by atoms with Crippen LogP contribution in [0, 0.1) is 0 Å². The number of amides is 2. The number of hydrogen-bond acceptors (Lipinski definition) is 6. The van der Waals surface area contributed by atoms with Crippen molar-refractivity contribution in [3.63, 3.8) is 0 Å². The molecule has 2 amide bonds. The van der Waals surface area contributed by atoms with Gasteiger partial charge in [0.2, 0.25) is 0 Å². The highest BCUT2D eigenvalue weighted by molar-refractivity contribution is 6.23. The number of furan rings is 1. The second-order valence-electron chi connectivity index (χ2n) is 7.93. The first kappa shape index (κ1) is 24.5. The summed E-state index contributed by atoms with van der Waals surface area (Å²) in [5.41, 5.74) is 2.35. The van der Waals surface area contributed by atoms with E-state index in [2.05, 4.69) is 5.32 Å². The minimum absolute atomic E-state index is 0.152. The molecule has 184 valence electrons. The summed E-state index contributed by atoms with van der Waals surface area (Å²) in [6.45, 7) is 3.78. The van der Waals surface area contributed by atoms with Crippen LogP contribution < -0.4 is 15.0 Å². The smallest absolute Gasteiger partial charge is 0.340 e. The van der Waals surface area contributed by atoms with Gasteiger partial charge in [-0.05, 0) is 61.9 Å². The van der Waals surface area contributed by atoms with E-state index < -0.39 is 5.97 Å². The van der Waals surface area contributed by atoms with Crippen molar-refractivity contribution in [2.24, 2.45) is 0 Å². The lowest BCUT2D eigenvalue weighted by Crippen LogP contribution is -2.28. The number of allylic oxidation sites excluding steroid dienone is 1. The molecule has 8 nitrogen and oxygen atoms in total. The van der Waals surface area contributed by atoms with Crippen LogP contribution in [0.15, 0.2) is 94.3 Å². The Balaban J connectivity index is 1.48. The van der Waals surface area contributed by atoms with Gasteiger partial charge in [-0.3, -0.25) is 14.5 Å². The van der Waals surface area contributed by atoms with Crippen molar-refractivity contribution < 1.29 is 28.3 Å². The van der Waals surface area contributed by atoms with Crippen LogP contribution in [0.3, 0.4) is 0 Å². The number of anilines is 1. The molecule has 0 fully saturated rings. The number of carbonyl (C=O) groups excluding carboxylic acids is 3. The number of rotatable bonds is 9. The Morgan fingerprint density at radius 3 is 2.44 bits per heavy atom. The van der Waals surface area contributed by atoms with Gasteiger partial charge in [-0.2, -0.15) is 0 Å². The van der Waals surface area contributed by atoms with Crippen molar-refractivity contribution in [1.82, 2.24) is 5.32 Å². The van der Waals surface area contributed by atoms with E-state index in [4.69, 9.17) is 13.9 Å². The summed E-state index contributed by atoms with van der Waals surface area (Å²) in [6, 6.07) is 19.6. The Morgan fingerprint density at radius 2 is 1.78 bits per heavy atom. The van der Waals surface area contributed by atoms with E-state index in [9.17, 15) is 14.4 Å². The molecule has 0 bridgehead atoms. The lowest BCUT2D eigenvalue weighted by Gasteiger charge is -2.17. The fourth-order valence-corrected chi connectivity index (χ4v) is 3.79. The molecule has 1 N–H and O–H groups in total. The lowest BCUT2D eigenvalue weighted by molar-refractivity contribution is -0.138. The van der Waals surface area contributed by atoms with E-state index in [0.717, 1.165) is 0 Å². The van der Waals surface area contributed by atoms with Crippen molar-refractivity contribution in [2.75, 3.05) is 18.1 Å². The molecule has 3 aromatic rings. The molecule has 8 heteroatoms. The second kappa shape index (κ2) is 11.2. The number of carbonyl (C=O) groups is 3. The average molecular weight is 487 g/mol. The highest BCUT2D eigenvalue weighted by Gasteiger charge is 2.38. The van der Waals surface area contributed by atoms with Gasteiger partial charge in [0.05, 0.1) is 30.6 Å². The molecule has 0 unspecified atom stereocenters. The number of esters is 1. The quantitative estimate of drug-likeness (QED) is 0.359. The molecule has 0 aliphatic carbocycles. The molecular weight excluding hydrogens is 460 g/mol. The molecule has 2 aromatic carbocycles. The number of nitrogens with zero attached hydrogens (tertiary/aromatic N) is 1. The zero-order valence-electron chi connectivity index (χ0n) is 20.0. The summed E-state index contributed by atoms with van der Waals surface area (Å²) in [7, 11) is 0. The molecule has 0 saturated heterocycles. The predicted molar refractivity (Wildman–Crippen MR) is 134 cm³/mol. The molecule has 0 saturated carbocycles. The highest BCUT2D eigenvalue weighted by atomic mass is 16.5. The predicted octanol–water partition coefficient (Wildman–Crippen LogP) is 4.24. The van der Waals surface area contributed by atoms with Gasteiger partial charge in [0.1, 0.15) is 11.5 Å². The number of nitrogens with one attached hydrogen (secondary N) is 1. The van der Waals surface area contributed by atoms with Crippen LogP contribution in [0.5, 0.6) is 5.75 Å². The first-order valence-electron chi connectivity index (χ1n) is 11.5. The average Bonchev–Trinajstić information content (AvgIpc) is 3.49. The third-order valence-electron chi connectivity index (χ3n) is 5.49. The number of ether oxygens (including phenoxy) is 2. The van der Waals surface area contributed by atoms with Gasteiger partial charge in [0, 0.05) is 11.4 Å². The van der Waals surface area contributed by atoms with Gasteiger partial charge in [-0.1, -0.05) is 30.3 Å². The topological polar surface area (TPSA) is 98.1 Å². The largest absolute Gasteiger partial charge is 0.484 e. The molecule has 0 atom stereocenters. The van der Waals surface area contributed by atoms with Gasteiger partial charge in [0.15, 0.2) is 6.61 Å². The Morgan fingerprint density at radius 1 is 1.03 bits per heavy atom. The summed E-state index contributed by atoms with van der Waals surface area (Å²) in [5.74, 6) is 0.00416. The Bertz CT molecular complexity index is 1290. The van der Waals surface area contributed by atoms with Gasteiger partial charge >= 0.3 is 5.97 Å². The van der Waals surface area contributed by atoms with Crippen molar-refractivity contribution in [1.29, 1.82) is 0 Å². The minimum atomic E-state index is -0.548. The molecule has 2 heterocycles. The van der Waals surface area contributed by atoms with Crippen molar-refractivity contribution in [3.05, 3.63) is 101 Å². The van der Waals surface area contributed by atoms with Gasteiger partial charge in [0.25, 0.3) is 11.8 Å². The van der Waals surface area contributed by atoms with Crippen LogP contribution in [-0.2, 0) is 25.7 Å². The van der Waals surface area contributed by atoms with E-state index in [1.54, 1.807) is 62.6 Å². The molecule has 36 heavy (non-hydrogen) atoms. The standard InChI is InChI=1S/C28H26N2O6/c1-3-34-28(33)26-19(2)30(21-8-5-4-6-9-21)27(32)24(26)16-20-11-13-22(14-12-20)36-18-25(31)29-17-23-10-7-15-35-23/h4-16H,3,17-18H2,1-2H3,(H,29,31)/b24-16-. The third kappa shape index (κ3) is 5.55. The van der Waals surface area contributed by atoms with Crippen molar-refractivity contribution in [3.8, 4) is 5.75 Å². The summed E-state index contributed by atoms with van der Waals surface area (Å²) < 4.78 is 16.0. The van der Waals surface area contributed by atoms with Crippen LogP contribution in [0.4, 0.5) is 5.69 Å². The summed E-state index contributed by atoms with van der Waals surface area (Å²) in [6.07, 6.45) is 3.20. The monoisotopic (exact) mass is 486 g/mol. The number of hydrogen-bond donors (Lipinski definition) is 1. The fraction of sp³-hybridized carbons (Fsp3) is 0.179. The molecule has 1 aliphatic rings. The highest BCUT2D eigenvalue weighted by Crippen LogP contribution is 2.35. The van der Waals surface area contributed by atoms with E-state index in [1.807, 2.05) is 30.3 Å². The zero-order chi connectivity index (χ0) is 25.5. The SMILES string of the molecule is CCOC(=O)C1=C(C)N(c2ccccc2)C(=O)/C1=C\c1ccc(OCC(=O)NCc2ccco2)cc1. The molecule has 4 rings (SSSR count). The Kier molecular flexibility index (Phi) is 7.65. The van der Waals surface area contributed by atoms with E-state index >= 15 is 0 Å². The lowest BCUT2D eigenvalue weighted by atomic mass is 10.0. The van der Waals surface area contributed by atoms with E-state index in [-0.39, 0.29) is 42.7 Å². The number of benzene rings is 2. The molecule has 1 aliphatic heterocycles. The normalized spacial score (nSPS) is 14.3. The van der Waals surface area contributed by atoms with Crippen molar-refractivity contribution >= 4 is 29.5 Å². The van der Waals surface area contributed by atoms with Crippen LogP contribution in [0.2, 0.25) is 0 Å². The first-order chi connectivity index (χ1) is 17.5. The summed E-state index contributed by atoms with van der Waals surface area (Å²) >= 11 is 0. The Hall–Kier alpha value is -4.59. The van der Waals surface area contributed by atoms with E-state index in [1.165, 1.54) is 4.90 Å². The first-order valence-corrected chi connectivity index (χ1v) is 11.5. The van der Waals surface area contributed by atoms with Gasteiger partial charge in [-0.15, -0.1) is 0 Å². The zero-order valence-corrected chi connectivity index (χ0v) is 20.0. The third-order valence-corrected chi connectivity index (χ3v) is 5.49. The van der Waals surface area contributed by atoms with Crippen molar-refractivity contribution in [2.45, 2.75) is 20.4 Å². The molecule has 0 radical (unpaired) electrons. The van der Waals surface area contributed by atoms with Crippen LogP contribution in [0.1, 0.15) is 25.2 Å². The van der Waals surface area contributed by atoms with Gasteiger partial charge in [-0.25, -0.2) is 4.79 Å². The van der Waals surface area contributed by atoms with Crippen LogP contribution in [-0.4, -0.2) is 31.0 Å². The number of para-hydroxylation sites is 1. The van der Waals surface area contributed by atoms with E-state index in [0.29, 0.717) is 28.5 Å². The maximum atomic E-state index is 13.4. The maximum Gasteiger partial charge on any atom is 0.340 e.